The van der Waals surface area contributed by atoms with Gasteiger partial charge in [0.2, 0.25) is 0 Å². The Morgan fingerprint density at radius 2 is 2.12 bits per heavy atom. The van der Waals surface area contributed by atoms with E-state index in [9.17, 15) is 0 Å². The van der Waals surface area contributed by atoms with Gasteiger partial charge in [-0.25, -0.2) is 0 Å². The van der Waals surface area contributed by atoms with Crippen molar-refractivity contribution >= 4 is 44.9 Å². The molecule has 82 valence electrons. The van der Waals surface area contributed by atoms with Gasteiger partial charge in [-0.1, -0.05) is 6.07 Å². The van der Waals surface area contributed by atoms with E-state index in [4.69, 9.17) is 0 Å². The van der Waals surface area contributed by atoms with Gasteiger partial charge in [-0.15, -0.1) is 11.3 Å². The standard InChI is InChI=1S/C12H7N3S2/c1-2-10(16-5-1)12-7-3-4-9-11(15-17-14-9)8(7)6-13-12/h1-6,14H. The summed E-state index contributed by atoms with van der Waals surface area (Å²) in [6.07, 6.45) is 1.92. The maximum absolute atomic E-state index is 4.53. The lowest BCUT2D eigenvalue weighted by atomic mass is 10.1. The van der Waals surface area contributed by atoms with E-state index in [1.54, 1.807) is 11.3 Å². The highest BCUT2D eigenvalue weighted by molar-refractivity contribution is 7.13. The van der Waals surface area contributed by atoms with E-state index in [1.165, 1.54) is 22.0 Å². The molecule has 0 atom stereocenters. The van der Waals surface area contributed by atoms with Crippen molar-refractivity contribution in [2.75, 3.05) is 0 Å². The fraction of sp³-hybridized carbons (Fsp3) is 0. The van der Waals surface area contributed by atoms with Crippen LogP contribution in [-0.2, 0) is 0 Å². The number of aromatic amines is 1. The van der Waals surface area contributed by atoms with E-state index < -0.39 is 0 Å². The van der Waals surface area contributed by atoms with Gasteiger partial charge in [-0.2, -0.15) is 4.37 Å². The SMILES string of the molecule is c1csc(-c2ncc3c2ccc2[nH]snc23)c1. The van der Waals surface area contributed by atoms with Gasteiger partial charge in [0.15, 0.2) is 0 Å². The predicted molar refractivity (Wildman–Crippen MR) is 72.6 cm³/mol. The van der Waals surface area contributed by atoms with Crippen molar-refractivity contribution in [2.45, 2.75) is 0 Å². The summed E-state index contributed by atoms with van der Waals surface area (Å²) in [4.78, 5) is 5.74. The Balaban J connectivity index is 2.13. The first-order valence-corrected chi connectivity index (χ1v) is 6.84. The molecule has 3 nitrogen and oxygen atoms in total. The molecule has 0 aliphatic heterocycles. The minimum Gasteiger partial charge on any atom is -0.293 e. The minimum atomic E-state index is 1.02. The van der Waals surface area contributed by atoms with Crippen LogP contribution in [0.4, 0.5) is 0 Å². The molecule has 0 amide bonds. The van der Waals surface area contributed by atoms with Crippen LogP contribution in [-0.4, -0.2) is 13.7 Å². The first kappa shape index (κ1) is 9.32. The number of aromatic nitrogens is 3. The van der Waals surface area contributed by atoms with Crippen LogP contribution in [0, 0.1) is 0 Å². The highest BCUT2D eigenvalue weighted by Gasteiger charge is 2.11. The number of thiophene rings is 1. The molecule has 3 heterocycles. The molecule has 0 fully saturated rings. The van der Waals surface area contributed by atoms with Gasteiger partial charge >= 0.3 is 0 Å². The summed E-state index contributed by atoms with van der Waals surface area (Å²) < 4.78 is 7.55. The smallest absolute Gasteiger partial charge is 0.111 e. The Morgan fingerprint density at radius 1 is 1.12 bits per heavy atom. The molecule has 0 saturated carbocycles. The zero-order valence-corrected chi connectivity index (χ0v) is 10.3. The van der Waals surface area contributed by atoms with Crippen molar-refractivity contribution in [3.8, 4) is 10.6 Å². The Kier molecular flexibility index (Phi) is 1.86. The largest absolute Gasteiger partial charge is 0.293 e. The van der Waals surface area contributed by atoms with Crippen LogP contribution >= 0.6 is 23.1 Å². The number of H-pyrrole nitrogens is 1. The van der Waals surface area contributed by atoms with Gasteiger partial charge in [0, 0.05) is 28.7 Å². The topological polar surface area (TPSA) is 41.6 Å². The first-order chi connectivity index (χ1) is 8.43. The summed E-state index contributed by atoms with van der Waals surface area (Å²) in [7, 11) is 0. The maximum Gasteiger partial charge on any atom is 0.111 e. The van der Waals surface area contributed by atoms with E-state index in [2.05, 4.69) is 43.4 Å². The zero-order valence-electron chi connectivity index (χ0n) is 8.68. The molecule has 4 aromatic rings. The average Bonchev–Trinajstić information content (AvgIpc) is 3.08. The third-order valence-corrected chi connectivity index (χ3v) is 4.30. The van der Waals surface area contributed by atoms with Crippen molar-refractivity contribution in [1.29, 1.82) is 0 Å². The second-order valence-corrected chi connectivity index (χ2v) is 5.31. The van der Waals surface area contributed by atoms with Gasteiger partial charge in [-0.3, -0.25) is 9.36 Å². The summed E-state index contributed by atoms with van der Waals surface area (Å²) in [5.74, 6) is 0. The zero-order chi connectivity index (χ0) is 11.2. The first-order valence-electron chi connectivity index (χ1n) is 5.19. The molecule has 1 N–H and O–H groups in total. The number of hydrogen-bond acceptors (Lipinski definition) is 4. The summed E-state index contributed by atoms with van der Waals surface area (Å²) in [5.41, 5.74) is 3.15. The molecular weight excluding hydrogens is 250 g/mol. The molecule has 1 aromatic carbocycles. The summed E-state index contributed by atoms with van der Waals surface area (Å²) in [6.45, 7) is 0. The summed E-state index contributed by atoms with van der Waals surface area (Å²) >= 11 is 3.09. The second kappa shape index (κ2) is 3.38. The Labute approximate surface area is 105 Å². The number of benzene rings is 1. The van der Waals surface area contributed by atoms with Crippen molar-refractivity contribution in [2.24, 2.45) is 0 Å². The lowest BCUT2D eigenvalue weighted by Gasteiger charge is -1.94. The number of hydrogen-bond donors (Lipinski definition) is 1. The van der Waals surface area contributed by atoms with Crippen LogP contribution in [0.2, 0.25) is 0 Å². The van der Waals surface area contributed by atoms with Crippen molar-refractivity contribution in [1.82, 2.24) is 13.7 Å². The van der Waals surface area contributed by atoms with E-state index in [-0.39, 0.29) is 0 Å². The van der Waals surface area contributed by atoms with Gasteiger partial charge in [0.1, 0.15) is 5.52 Å². The molecule has 0 radical (unpaired) electrons. The molecule has 4 rings (SSSR count). The Hall–Kier alpha value is -1.72. The van der Waals surface area contributed by atoms with E-state index >= 15 is 0 Å². The quantitative estimate of drug-likeness (QED) is 0.562. The molecule has 0 unspecified atom stereocenters. The van der Waals surface area contributed by atoms with Gasteiger partial charge < -0.3 is 0 Å². The number of nitrogens with zero attached hydrogens (tertiary/aromatic N) is 2. The van der Waals surface area contributed by atoms with Crippen LogP contribution in [0.5, 0.6) is 0 Å². The predicted octanol–water partition coefficient (Wildman–Crippen LogP) is 3.90. The lowest BCUT2D eigenvalue weighted by Crippen LogP contribution is -1.73. The monoisotopic (exact) mass is 257 g/mol. The molecule has 0 aliphatic rings. The van der Waals surface area contributed by atoms with Crippen LogP contribution in [0.25, 0.3) is 32.4 Å². The molecule has 5 heteroatoms. The molecule has 0 bridgehead atoms. The molecule has 0 aliphatic carbocycles. The molecule has 3 aromatic heterocycles. The minimum absolute atomic E-state index is 1.02. The summed E-state index contributed by atoms with van der Waals surface area (Å²) in [6, 6.07) is 8.34. The third-order valence-electron chi connectivity index (χ3n) is 2.84. The Bertz CT molecular complexity index is 796. The fourth-order valence-corrected chi connectivity index (χ4v) is 3.38. The third kappa shape index (κ3) is 1.26. The van der Waals surface area contributed by atoms with Crippen molar-refractivity contribution in [3.63, 3.8) is 0 Å². The van der Waals surface area contributed by atoms with E-state index in [1.807, 2.05) is 6.20 Å². The highest BCUT2D eigenvalue weighted by atomic mass is 32.1. The highest BCUT2D eigenvalue weighted by Crippen LogP contribution is 2.33. The second-order valence-electron chi connectivity index (χ2n) is 3.79. The lowest BCUT2D eigenvalue weighted by molar-refractivity contribution is 1.43. The van der Waals surface area contributed by atoms with Gasteiger partial charge in [0.25, 0.3) is 0 Å². The van der Waals surface area contributed by atoms with Gasteiger partial charge in [0.05, 0.1) is 16.1 Å². The molecule has 17 heavy (non-hydrogen) atoms. The Morgan fingerprint density at radius 3 is 3.00 bits per heavy atom. The fourth-order valence-electron chi connectivity index (χ4n) is 2.05. The number of nitrogens with one attached hydrogen (secondary N) is 1. The van der Waals surface area contributed by atoms with Gasteiger partial charge in [-0.05, 0) is 23.6 Å². The molecular formula is C12H7N3S2. The van der Waals surface area contributed by atoms with Crippen LogP contribution in [0.3, 0.4) is 0 Å². The normalized spacial score (nSPS) is 11.5. The summed E-state index contributed by atoms with van der Waals surface area (Å²) in [5, 5.41) is 4.38. The maximum atomic E-state index is 4.53. The van der Waals surface area contributed by atoms with Crippen molar-refractivity contribution in [3.05, 3.63) is 35.8 Å². The number of fused-ring (bicyclic) bond motifs is 3. The van der Waals surface area contributed by atoms with Crippen LogP contribution in [0.1, 0.15) is 0 Å². The van der Waals surface area contributed by atoms with Crippen LogP contribution in [0.15, 0.2) is 35.8 Å². The van der Waals surface area contributed by atoms with E-state index in [0.29, 0.717) is 0 Å². The van der Waals surface area contributed by atoms with Crippen molar-refractivity contribution < 1.29 is 0 Å². The average molecular weight is 257 g/mol. The number of rotatable bonds is 1. The molecule has 0 saturated heterocycles. The van der Waals surface area contributed by atoms with Crippen LogP contribution < -0.4 is 0 Å². The van der Waals surface area contributed by atoms with E-state index in [0.717, 1.165) is 22.1 Å². The molecule has 0 spiro atoms.